The lowest BCUT2D eigenvalue weighted by Gasteiger charge is -2.18. The van der Waals surface area contributed by atoms with E-state index in [1.54, 1.807) is 35.2 Å². The molecule has 2 amide bonds. The van der Waals surface area contributed by atoms with Crippen molar-refractivity contribution in [2.75, 3.05) is 7.05 Å². The third-order valence-corrected chi connectivity index (χ3v) is 7.16. The van der Waals surface area contributed by atoms with Crippen LogP contribution in [-0.2, 0) is 10.5 Å². The first-order valence-electron chi connectivity index (χ1n) is 9.99. The van der Waals surface area contributed by atoms with Gasteiger partial charge in [-0.2, -0.15) is 0 Å². The average molecular weight is 484 g/mol. The van der Waals surface area contributed by atoms with Gasteiger partial charge >= 0.3 is 0 Å². The molecule has 0 spiro atoms. The zero-order valence-corrected chi connectivity index (χ0v) is 19.1. The maximum atomic E-state index is 13.6. The Morgan fingerprint density at radius 1 is 1.03 bits per heavy atom. The van der Waals surface area contributed by atoms with Crippen molar-refractivity contribution >= 4 is 45.1 Å². The van der Waals surface area contributed by atoms with E-state index >= 15 is 0 Å². The Morgan fingerprint density at radius 3 is 2.48 bits per heavy atom. The van der Waals surface area contributed by atoms with Crippen molar-refractivity contribution in [3.63, 3.8) is 0 Å². The first-order valence-corrected chi connectivity index (χ1v) is 11.8. The number of nitrogens with zero attached hydrogens (tertiary/aromatic N) is 1. The van der Waals surface area contributed by atoms with Crippen molar-refractivity contribution in [3.05, 3.63) is 95.1 Å². The molecule has 0 bridgehead atoms. The molecule has 1 unspecified atom stereocenters. The van der Waals surface area contributed by atoms with Gasteiger partial charge in [0.15, 0.2) is 16.0 Å². The van der Waals surface area contributed by atoms with E-state index in [1.165, 1.54) is 13.1 Å². The van der Waals surface area contributed by atoms with Gasteiger partial charge in [-0.3, -0.25) is 9.59 Å². The van der Waals surface area contributed by atoms with Gasteiger partial charge in [0.25, 0.3) is 5.91 Å². The van der Waals surface area contributed by atoms with Crippen LogP contribution >= 0.6 is 23.1 Å². The van der Waals surface area contributed by atoms with Crippen LogP contribution in [0.1, 0.15) is 27.5 Å². The Labute approximate surface area is 197 Å². The summed E-state index contributed by atoms with van der Waals surface area (Å²) in [6.45, 7) is 0. The van der Waals surface area contributed by atoms with Crippen molar-refractivity contribution in [1.29, 1.82) is 0 Å². The Hall–Kier alpha value is -3.30. The number of hydrogen-bond acceptors (Lipinski definition) is 5. The monoisotopic (exact) mass is 483 g/mol. The quantitative estimate of drug-likeness (QED) is 0.360. The minimum atomic E-state index is -1.16. The molecule has 0 fully saturated rings. The van der Waals surface area contributed by atoms with Crippen molar-refractivity contribution in [1.82, 2.24) is 15.6 Å². The van der Waals surface area contributed by atoms with Crippen LogP contribution in [0, 0.1) is 11.6 Å². The average Bonchev–Trinajstić information content (AvgIpc) is 3.26. The number of para-hydroxylation sites is 1. The largest absolute Gasteiger partial charge is 0.357 e. The van der Waals surface area contributed by atoms with Gasteiger partial charge in [-0.1, -0.05) is 42.1 Å². The summed E-state index contributed by atoms with van der Waals surface area (Å²) in [5.41, 5.74) is 2.48. The number of amides is 2. The number of halogens is 2. The van der Waals surface area contributed by atoms with Crippen molar-refractivity contribution in [3.8, 4) is 0 Å². The molecule has 0 aliphatic carbocycles. The van der Waals surface area contributed by atoms with Gasteiger partial charge in [0.2, 0.25) is 5.91 Å². The lowest BCUT2D eigenvalue weighted by molar-refractivity contribution is -0.122. The SMILES string of the molecule is CNC(=O)C(NC(=O)c1ccc(CSc2nc3ccccc3s2)cc1)c1ccc(F)c(F)c1. The molecule has 5 nitrogen and oxygen atoms in total. The number of benzene rings is 3. The molecular formula is C24H19F2N3O2S2. The number of hydrogen-bond donors (Lipinski definition) is 2. The van der Waals surface area contributed by atoms with Crippen molar-refractivity contribution < 1.29 is 18.4 Å². The summed E-state index contributed by atoms with van der Waals surface area (Å²) in [5.74, 6) is -2.47. The van der Waals surface area contributed by atoms with Gasteiger partial charge in [-0.15, -0.1) is 11.3 Å². The summed E-state index contributed by atoms with van der Waals surface area (Å²) in [4.78, 5) is 29.6. The van der Waals surface area contributed by atoms with Crippen LogP contribution in [-0.4, -0.2) is 23.8 Å². The van der Waals surface area contributed by atoms with Gasteiger partial charge < -0.3 is 10.6 Å². The van der Waals surface area contributed by atoms with E-state index in [0.29, 0.717) is 11.3 Å². The van der Waals surface area contributed by atoms with Crippen molar-refractivity contribution in [2.24, 2.45) is 0 Å². The fourth-order valence-corrected chi connectivity index (χ4v) is 5.19. The molecule has 1 atom stereocenters. The van der Waals surface area contributed by atoms with Crippen LogP contribution in [0.15, 0.2) is 71.1 Å². The molecule has 1 heterocycles. The van der Waals surface area contributed by atoms with Crippen LogP contribution in [0.5, 0.6) is 0 Å². The Bertz CT molecular complexity index is 1280. The van der Waals surface area contributed by atoms with E-state index in [0.717, 1.165) is 32.3 Å². The van der Waals surface area contributed by atoms with Crippen LogP contribution < -0.4 is 10.6 Å². The van der Waals surface area contributed by atoms with Gasteiger partial charge in [0, 0.05) is 18.4 Å². The molecule has 0 saturated heterocycles. The predicted octanol–water partition coefficient (Wildman–Crippen LogP) is 5.08. The molecule has 168 valence electrons. The summed E-state index contributed by atoms with van der Waals surface area (Å²) in [6, 6.07) is 16.9. The standard InChI is InChI=1S/C24H19F2N3O2S2/c1-27-23(31)21(16-10-11-17(25)18(26)12-16)29-22(30)15-8-6-14(7-9-15)13-32-24-28-19-4-2-3-5-20(19)33-24/h2-12,21H,13H2,1H3,(H,27,31)(H,29,30). The second-order valence-corrected chi connectivity index (χ2v) is 9.38. The van der Waals surface area contributed by atoms with E-state index in [9.17, 15) is 18.4 Å². The minimum Gasteiger partial charge on any atom is -0.357 e. The molecule has 0 aliphatic heterocycles. The highest BCUT2D eigenvalue weighted by atomic mass is 32.2. The van der Waals surface area contributed by atoms with Crippen LogP contribution in [0.25, 0.3) is 10.2 Å². The number of fused-ring (bicyclic) bond motifs is 1. The highest BCUT2D eigenvalue weighted by molar-refractivity contribution is 8.00. The molecule has 0 saturated carbocycles. The molecule has 33 heavy (non-hydrogen) atoms. The van der Waals surface area contributed by atoms with E-state index < -0.39 is 29.5 Å². The zero-order valence-electron chi connectivity index (χ0n) is 17.5. The number of aromatic nitrogens is 1. The number of thiazole rings is 1. The molecule has 4 aromatic rings. The maximum absolute atomic E-state index is 13.6. The highest BCUT2D eigenvalue weighted by Gasteiger charge is 2.23. The fourth-order valence-electron chi connectivity index (χ4n) is 3.16. The normalized spacial score (nSPS) is 11.8. The molecule has 3 aromatic carbocycles. The number of carbonyl (C=O) groups excluding carboxylic acids is 2. The summed E-state index contributed by atoms with van der Waals surface area (Å²) in [7, 11) is 1.40. The molecule has 4 rings (SSSR count). The minimum absolute atomic E-state index is 0.144. The molecule has 0 aliphatic rings. The summed E-state index contributed by atoms with van der Waals surface area (Å²) >= 11 is 3.25. The topological polar surface area (TPSA) is 71.1 Å². The van der Waals surface area contributed by atoms with Crippen LogP contribution in [0.2, 0.25) is 0 Å². The summed E-state index contributed by atoms with van der Waals surface area (Å²) < 4.78 is 29.0. The van der Waals surface area contributed by atoms with Gasteiger partial charge in [0.1, 0.15) is 6.04 Å². The second-order valence-electron chi connectivity index (χ2n) is 7.13. The Kier molecular flexibility index (Phi) is 7.00. The predicted molar refractivity (Wildman–Crippen MR) is 126 cm³/mol. The fraction of sp³-hybridized carbons (Fsp3) is 0.125. The van der Waals surface area contributed by atoms with Gasteiger partial charge in [0.05, 0.1) is 10.2 Å². The Balaban J connectivity index is 1.42. The number of likely N-dealkylation sites (N-methyl/N-ethyl adjacent to an activating group) is 1. The van der Waals surface area contributed by atoms with Crippen molar-refractivity contribution in [2.45, 2.75) is 16.1 Å². The first-order chi connectivity index (χ1) is 15.9. The highest BCUT2D eigenvalue weighted by Crippen LogP contribution is 2.31. The summed E-state index contributed by atoms with van der Waals surface area (Å²) in [6.07, 6.45) is 0. The van der Waals surface area contributed by atoms with Crippen LogP contribution in [0.4, 0.5) is 8.78 Å². The molecular weight excluding hydrogens is 464 g/mol. The molecule has 2 N–H and O–H groups in total. The Morgan fingerprint density at radius 2 is 1.79 bits per heavy atom. The molecule has 1 aromatic heterocycles. The van der Waals surface area contributed by atoms with Crippen LogP contribution in [0.3, 0.4) is 0 Å². The van der Waals surface area contributed by atoms with E-state index in [4.69, 9.17) is 0 Å². The maximum Gasteiger partial charge on any atom is 0.252 e. The number of nitrogens with one attached hydrogen (secondary N) is 2. The van der Waals surface area contributed by atoms with Gasteiger partial charge in [-0.05, 0) is 47.5 Å². The third-order valence-electron chi connectivity index (χ3n) is 4.91. The summed E-state index contributed by atoms with van der Waals surface area (Å²) in [5, 5.41) is 5.01. The molecule has 0 radical (unpaired) electrons. The van der Waals surface area contributed by atoms with E-state index in [1.807, 2.05) is 36.4 Å². The molecule has 9 heteroatoms. The zero-order chi connectivity index (χ0) is 23.4. The second kappa shape index (κ2) is 10.1. The number of carbonyl (C=O) groups is 2. The smallest absolute Gasteiger partial charge is 0.252 e. The van der Waals surface area contributed by atoms with Gasteiger partial charge in [-0.25, -0.2) is 13.8 Å². The number of thioether (sulfide) groups is 1. The van der Waals surface area contributed by atoms with E-state index in [2.05, 4.69) is 15.6 Å². The third kappa shape index (κ3) is 5.37. The number of rotatable bonds is 7. The lowest BCUT2D eigenvalue weighted by atomic mass is 10.0. The van der Waals surface area contributed by atoms with E-state index in [-0.39, 0.29) is 5.56 Å². The lowest BCUT2D eigenvalue weighted by Crippen LogP contribution is -2.39. The first kappa shape index (κ1) is 22.9.